The van der Waals surface area contributed by atoms with Crippen molar-refractivity contribution >= 4 is 34.5 Å². The first kappa shape index (κ1) is 22.6. The van der Waals surface area contributed by atoms with E-state index in [9.17, 15) is 14.0 Å². The number of para-hydroxylation sites is 1. The molecule has 0 aliphatic carbocycles. The van der Waals surface area contributed by atoms with E-state index in [0.717, 1.165) is 17.3 Å². The number of halogens is 1. The zero-order valence-electron chi connectivity index (χ0n) is 17.9. The SMILES string of the molecule is CCC(Sc1nc2nccnc2c(=O)n1CCc1ccccc1)C(=O)Nc1ccccc1F. The van der Waals surface area contributed by atoms with Gasteiger partial charge in [0.05, 0.1) is 10.9 Å². The van der Waals surface area contributed by atoms with E-state index in [1.54, 1.807) is 12.1 Å². The van der Waals surface area contributed by atoms with Crippen LogP contribution in [0, 0.1) is 5.82 Å². The average Bonchev–Trinajstić information content (AvgIpc) is 2.84. The highest BCUT2D eigenvalue weighted by molar-refractivity contribution is 8.00. The highest BCUT2D eigenvalue weighted by atomic mass is 32.2. The highest BCUT2D eigenvalue weighted by Crippen LogP contribution is 2.26. The van der Waals surface area contributed by atoms with Crippen molar-refractivity contribution in [1.82, 2.24) is 19.5 Å². The fraction of sp³-hybridized carbons (Fsp3) is 0.208. The summed E-state index contributed by atoms with van der Waals surface area (Å²) in [7, 11) is 0. The van der Waals surface area contributed by atoms with Gasteiger partial charge in [-0.25, -0.2) is 19.3 Å². The normalized spacial score (nSPS) is 11.9. The zero-order chi connectivity index (χ0) is 23.2. The Hall–Kier alpha value is -3.59. The number of aromatic nitrogens is 4. The molecule has 2 aromatic carbocycles. The maximum Gasteiger partial charge on any atom is 0.282 e. The van der Waals surface area contributed by atoms with E-state index in [4.69, 9.17) is 0 Å². The lowest BCUT2D eigenvalue weighted by molar-refractivity contribution is -0.115. The van der Waals surface area contributed by atoms with Crippen LogP contribution in [-0.2, 0) is 17.8 Å². The first-order chi connectivity index (χ1) is 16.1. The molecule has 2 heterocycles. The monoisotopic (exact) mass is 463 g/mol. The van der Waals surface area contributed by atoms with E-state index in [1.807, 2.05) is 37.3 Å². The number of carbonyl (C=O) groups excluding carboxylic acids is 1. The first-order valence-electron chi connectivity index (χ1n) is 10.5. The maximum absolute atomic E-state index is 14.0. The molecule has 0 radical (unpaired) electrons. The van der Waals surface area contributed by atoms with Crippen LogP contribution in [0.4, 0.5) is 10.1 Å². The van der Waals surface area contributed by atoms with Crippen LogP contribution in [0.1, 0.15) is 18.9 Å². The molecule has 0 saturated carbocycles. The second kappa shape index (κ2) is 10.4. The number of hydrogen-bond acceptors (Lipinski definition) is 6. The van der Waals surface area contributed by atoms with Crippen LogP contribution in [0.25, 0.3) is 11.2 Å². The van der Waals surface area contributed by atoms with Crippen LogP contribution >= 0.6 is 11.8 Å². The first-order valence-corrected chi connectivity index (χ1v) is 11.4. The van der Waals surface area contributed by atoms with Crippen molar-refractivity contribution in [3.63, 3.8) is 0 Å². The van der Waals surface area contributed by atoms with Crippen LogP contribution in [0.2, 0.25) is 0 Å². The molecule has 4 aromatic rings. The van der Waals surface area contributed by atoms with Gasteiger partial charge in [0.1, 0.15) is 5.82 Å². The summed E-state index contributed by atoms with van der Waals surface area (Å²) < 4.78 is 15.5. The van der Waals surface area contributed by atoms with Crippen LogP contribution < -0.4 is 10.9 Å². The lowest BCUT2D eigenvalue weighted by Crippen LogP contribution is -2.29. The van der Waals surface area contributed by atoms with Gasteiger partial charge in [-0.2, -0.15) is 0 Å². The summed E-state index contributed by atoms with van der Waals surface area (Å²) in [5, 5.41) is 2.42. The Kier molecular flexibility index (Phi) is 7.09. The van der Waals surface area contributed by atoms with Crippen molar-refractivity contribution in [3.8, 4) is 0 Å². The molecule has 0 saturated heterocycles. The van der Waals surface area contributed by atoms with Gasteiger partial charge in [0.25, 0.3) is 5.56 Å². The lowest BCUT2D eigenvalue weighted by Gasteiger charge is -2.18. The number of thioether (sulfide) groups is 1. The van der Waals surface area contributed by atoms with Gasteiger partial charge in [0.15, 0.2) is 16.3 Å². The summed E-state index contributed by atoms with van der Waals surface area (Å²) in [6.45, 7) is 2.22. The topological polar surface area (TPSA) is 89.8 Å². The Morgan fingerprint density at radius 3 is 2.58 bits per heavy atom. The molecule has 33 heavy (non-hydrogen) atoms. The zero-order valence-corrected chi connectivity index (χ0v) is 18.8. The van der Waals surface area contributed by atoms with Crippen LogP contribution in [0.5, 0.6) is 0 Å². The van der Waals surface area contributed by atoms with Crippen molar-refractivity contribution in [2.45, 2.75) is 36.7 Å². The van der Waals surface area contributed by atoms with Crippen molar-refractivity contribution < 1.29 is 9.18 Å². The lowest BCUT2D eigenvalue weighted by atomic mass is 10.1. The minimum atomic E-state index is -0.589. The molecule has 0 spiro atoms. The van der Waals surface area contributed by atoms with Gasteiger partial charge >= 0.3 is 0 Å². The van der Waals surface area contributed by atoms with Crippen LogP contribution in [0.3, 0.4) is 0 Å². The third-order valence-corrected chi connectivity index (χ3v) is 6.42. The number of rotatable bonds is 8. The van der Waals surface area contributed by atoms with Gasteiger partial charge < -0.3 is 5.32 Å². The number of benzene rings is 2. The number of nitrogens with one attached hydrogen (secondary N) is 1. The van der Waals surface area contributed by atoms with Gasteiger partial charge in [-0.3, -0.25) is 14.2 Å². The van der Waals surface area contributed by atoms with Crippen LogP contribution in [-0.4, -0.2) is 30.7 Å². The minimum Gasteiger partial charge on any atom is -0.323 e. The van der Waals surface area contributed by atoms with Crippen molar-refractivity contribution in [3.05, 3.63) is 88.7 Å². The fourth-order valence-electron chi connectivity index (χ4n) is 3.33. The smallest absolute Gasteiger partial charge is 0.282 e. The van der Waals surface area contributed by atoms with E-state index >= 15 is 0 Å². The van der Waals surface area contributed by atoms with Gasteiger partial charge in [-0.1, -0.05) is 61.2 Å². The second-order valence-electron chi connectivity index (χ2n) is 7.30. The second-order valence-corrected chi connectivity index (χ2v) is 8.47. The predicted octanol–water partition coefficient (Wildman–Crippen LogP) is 4.08. The molecule has 0 bridgehead atoms. The Morgan fingerprint density at radius 1 is 1.09 bits per heavy atom. The number of carbonyl (C=O) groups is 1. The molecule has 2 aromatic heterocycles. The molecular weight excluding hydrogens is 441 g/mol. The molecule has 0 fully saturated rings. The number of nitrogens with zero attached hydrogens (tertiary/aromatic N) is 4. The summed E-state index contributed by atoms with van der Waals surface area (Å²) >= 11 is 1.16. The standard InChI is InChI=1S/C24H22FN5O2S/c1-2-19(22(31)28-18-11-7-6-10-17(18)25)33-24-29-21-20(26-13-14-27-21)23(32)30(24)15-12-16-8-4-3-5-9-16/h3-11,13-14,19H,2,12,15H2,1H3,(H,28,31). The molecular formula is C24H22FN5O2S. The maximum atomic E-state index is 14.0. The van der Waals surface area contributed by atoms with Crippen molar-refractivity contribution in [2.24, 2.45) is 0 Å². The van der Waals surface area contributed by atoms with Gasteiger partial charge in [-0.15, -0.1) is 0 Å². The Morgan fingerprint density at radius 2 is 1.82 bits per heavy atom. The Balaban J connectivity index is 1.65. The summed E-state index contributed by atoms with van der Waals surface area (Å²) in [4.78, 5) is 39.0. The van der Waals surface area contributed by atoms with Crippen molar-refractivity contribution in [1.29, 1.82) is 0 Å². The summed E-state index contributed by atoms with van der Waals surface area (Å²) in [5.41, 5.74) is 1.28. The van der Waals surface area contributed by atoms with Crippen LogP contribution in [0.15, 0.2) is 76.9 Å². The van der Waals surface area contributed by atoms with E-state index < -0.39 is 11.1 Å². The number of amides is 1. The third kappa shape index (κ3) is 5.25. The molecule has 9 heteroatoms. The predicted molar refractivity (Wildman–Crippen MR) is 127 cm³/mol. The van der Waals surface area contributed by atoms with Gasteiger partial charge in [-0.05, 0) is 30.5 Å². The van der Waals surface area contributed by atoms with Gasteiger partial charge in [0.2, 0.25) is 5.91 Å². The molecule has 1 atom stereocenters. The number of hydrogen-bond donors (Lipinski definition) is 1. The van der Waals surface area contributed by atoms with E-state index in [1.165, 1.54) is 29.1 Å². The largest absolute Gasteiger partial charge is 0.323 e. The number of fused-ring (bicyclic) bond motifs is 1. The van der Waals surface area contributed by atoms with E-state index in [-0.39, 0.29) is 28.3 Å². The summed E-state index contributed by atoms with van der Waals surface area (Å²) in [6.07, 6.45) is 3.99. The highest BCUT2D eigenvalue weighted by Gasteiger charge is 2.23. The number of aryl methyl sites for hydroxylation is 1. The molecule has 1 N–H and O–H groups in total. The third-order valence-electron chi connectivity index (χ3n) is 5.07. The molecule has 168 valence electrons. The quantitative estimate of drug-likeness (QED) is 0.313. The van der Waals surface area contributed by atoms with E-state index in [2.05, 4.69) is 20.3 Å². The van der Waals surface area contributed by atoms with E-state index in [0.29, 0.717) is 24.5 Å². The Bertz CT molecular complexity index is 1330. The number of anilines is 1. The van der Waals surface area contributed by atoms with Crippen molar-refractivity contribution in [2.75, 3.05) is 5.32 Å². The minimum absolute atomic E-state index is 0.111. The summed E-state index contributed by atoms with van der Waals surface area (Å²) in [6, 6.07) is 15.8. The molecule has 1 unspecified atom stereocenters. The Labute approximate surface area is 194 Å². The molecule has 7 nitrogen and oxygen atoms in total. The van der Waals surface area contributed by atoms with Gasteiger partial charge in [0, 0.05) is 18.9 Å². The molecule has 1 amide bonds. The molecule has 0 aliphatic heterocycles. The summed E-state index contributed by atoms with van der Waals surface area (Å²) in [5.74, 6) is -0.875. The average molecular weight is 464 g/mol. The fourth-order valence-corrected chi connectivity index (χ4v) is 4.35. The molecule has 0 aliphatic rings. The molecule has 4 rings (SSSR count).